The topological polar surface area (TPSA) is 88.0 Å². The molecule has 0 radical (unpaired) electrons. The van der Waals surface area contributed by atoms with Gasteiger partial charge in [0.15, 0.2) is 5.82 Å². The van der Waals surface area contributed by atoms with Crippen LogP contribution in [0.4, 0.5) is 5.82 Å². The van der Waals surface area contributed by atoms with Crippen LogP contribution in [0.3, 0.4) is 0 Å². The molecule has 0 aliphatic carbocycles. The first-order chi connectivity index (χ1) is 8.25. The first kappa shape index (κ1) is 11.0. The molecule has 2 aromatic heterocycles. The van der Waals surface area contributed by atoms with Crippen LogP contribution in [0.5, 0.6) is 0 Å². The Balaban J connectivity index is 2.20. The van der Waals surface area contributed by atoms with Crippen LogP contribution in [-0.4, -0.2) is 32.6 Å². The van der Waals surface area contributed by atoms with E-state index in [1.54, 1.807) is 36.8 Å². The highest BCUT2D eigenvalue weighted by molar-refractivity contribution is 5.72. The second-order valence-electron chi connectivity index (χ2n) is 3.25. The van der Waals surface area contributed by atoms with Crippen LogP contribution >= 0.6 is 0 Å². The molecule has 0 saturated heterocycles. The summed E-state index contributed by atoms with van der Waals surface area (Å²) in [4.78, 5) is 22.6. The Morgan fingerprint density at radius 2 is 2.00 bits per heavy atom. The summed E-state index contributed by atoms with van der Waals surface area (Å²) in [6.45, 7) is -0.174. The largest absolute Gasteiger partial charge is 0.480 e. The van der Waals surface area contributed by atoms with E-state index in [1.807, 2.05) is 0 Å². The maximum atomic E-state index is 10.4. The molecule has 0 bridgehead atoms. The summed E-state index contributed by atoms with van der Waals surface area (Å²) < 4.78 is 0. The predicted octanol–water partition coefficient (Wildman–Crippen LogP) is 1.04. The van der Waals surface area contributed by atoms with Crippen molar-refractivity contribution in [2.24, 2.45) is 0 Å². The zero-order valence-electron chi connectivity index (χ0n) is 8.87. The van der Waals surface area contributed by atoms with E-state index < -0.39 is 5.97 Å². The lowest BCUT2D eigenvalue weighted by molar-refractivity contribution is -0.134. The fourth-order valence-corrected chi connectivity index (χ4v) is 1.26. The van der Waals surface area contributed by atoms with Crippen molar-refractivity contribution in [2.75, 3.05) is 11.9 Å². The van der Waals surface area contributed by atoms with E-state index in [0.717, 1.165) is 5.56 Å². The predicted molar refractivity (Wildman–Crippen MR) is 61.4 cm³/mol. The molecule has 0 aromatic carbocycles. The Kier molecular flexibility index (Phi) is 3.25. The van der Waals surface area contributed by atoms with Gasteiger partial charge in [-0.1, -0.05) is 0 Å². The lowest BCUT2D eigenvalue weighted by Crippen LogP contribution is -2.13. The number of carboxylic acid groups (broad SMARTS) is 1. The van der Waals surface area contributed by atoms with E-state index in [-0.39, 0.29) is 6.54 Å². The van der Waals surface area contributed by atoms with Gasteiger partial charge in [-0.25, -0.2) is 9.97 Å². The Morgan fingerprint density at radius 3 is 2.71 bits per heavy atom. The molecule has 0 saturated carbocycles. The number of carboxylic acids is 1. The normalized spacial score (nSPS) is 9.88. The Labute approximate surface area is 97.4 Å². The van der Waals surface area contributed by atoms with Gasteiger partial charge in [0, 0.05) is 24.2 Å². The van der Waals surface area contributed by atoms with Crippen LogP contribution in [0.15, 0.2) is 36.8 Å². The van der Waals surface area contributed by atoms with Gasteiger partial charge in [-0.2, -0.15) is 0 Å². The number of aliphatic carboxylic acids is 1. The van der Waals surface area contributed by atoms with Crippen molar-refractivity contribution < 1.29 is 9.90 Å². The number of nitrogens with one attached hydrogen (secondary N) is 1. The number of hydrogen-bond donors (Lipinski definition) is 2. The molecular formula is C11H10N4O2. The number of aromatic nitrogens is 3. The van der Waals surface area contributed by atoms with Crippen LogP contribution in [0.1, 0.15) is 0 Å². The number of pyridine rings is 1. The monoisotopic (exact) mass is 230 g/mol. The summed E-state index contributed by atoms with van der Waals surface area (Å²) in [6.07, 6.45) is 4.87. The molecule has 0 amide bonds. The number of nitrogens with zero attached hydrogens (tertiary/aromatic N) is 3. The molecule has 2 heterocycles. The maximum absolute atomic E-state index is 10.4. The number of hydrogen-bond acceptors (Lipinski definition) is 5. The van der Waals surface area contributed by atoms with E-state index in [1.165, 1.54) is 0 Å². The average Bonchev–Trinajstić information content (AvgIpc) is 2.38. The fourth-order valence-electron chi connectivity index (χ4n) is 1.26. The zero-order chi connectivity index (χ0) is 12.1. The highest BCUT2D eigenvalue weighted by Crippen LogP contribution is 2.14. The second kappa shape index (κ2) is 5.02. The average molecular weight is 230 g/mol. The van der Waals surface area contributed by atoms with Crippen LogP contribution < -0.4 is 5.32 Å². The minimum absolute atomic E-state index is 0.174. The Bertz CT molecular complexity index is 516. The van der Waals surface area contributed by atoms with Crippen LogP contribution in [-0.2, 0) is 4.79 Å². The highest BCUT2D eigenvalue weighted by atomic mass is 16.4. The summed E-state index contributed by atoms with van der Waals surface area (Å²) in [5.41, 5.74) is 0.832. The number of rotatable bonds is 4. The van der Waals surface area contributed by atoms with Crippen molar-refractivity contribution in [3.05, 3.63) is 36.8 Å². The van der Waals surface area contributed by atoms with Crippen molar-refractivity contribution in [3.8, 4) is 11.4 Å². The molecule has 17 heavy (non-hydrogen) atoms. The standard InChI is InChI=1S/C11H10N4O2/c16-10(17)7-14-9-3-6-13-11(15-9)8-1-4-12-5-2-8/h1-6H,7H2,(H,16,17)(H,13,14,15). The van der Waals surface area contributed by atoms with Gasteiger partial charge in [0.1, 0.15) is 12.4 Å². The summed E-state index contributed by atoms with van der Waals surface area (Å²) in [6, 6.07) is 5.19. The van der Waals surface area contributed by atoms with Crippen molar-refractivity contribution in [2.45, 2.75) is 0 Å². The van der Waals surface area contributed by atoms with Gasteiger partial charge in [-0.3, -0.25) is 9.78 Å². The first-order valence-electron chi connectivity index (χ1n) is 4.95. The smallest absolute Gasteiger partial charge is 0.322 e. The minimum Gasteiger partial charge on any atom is -0.480 e. The number of carbonyl (C=O) groups is 1. The summed E-state index contributed by atoms with van der Waals surface area (Å²) in [7, 11) is 0. The molecule has 2 N–H and O–H groups in total. The SMILES string of the molecule is O=C(O)CNc1ccnc(-c2ccncc2)n1. The van der Waals surface area contributed by atoms with E-state index in [2.05, 4.69) is 20.3 Å². The van der Waals surface area contributed by atoms with Crippen LogP contribution in [0, 0.1) is 0 Å². The zero-order valence-corrected chi connectivity index (χ0v) is 8.87. The van der Waals surface area contributed by atoms with Gasteiger partial charge in [0.05, 0.1) is 0 Å². The molecular weight excluding hydrogens is 220 g/mol. The molecule has 2 rings (SSSR count). The van der Waals surface area contributed by atoms with Crippen molar-refractivity contribution >= 4 is 11.8 Å². The van der Waals surface area contributed by atoms with Gasteiger partial charge in [0.2, 0.25) is 0 Å². The first-order valence-corrected chi connectivity index (χ1v) is 4.95. The van der Waals surface area contributed by atoms with E-state index in [9.17, 15) is 4.79 Å². The lowest BCUT2D eigenvalue weighted by Gasteiger charge is -2.04. The highest BCUT2D eigenvalue weighted by Gasteiger charge is 2.03. The van der Waals surface area contributed by atoms with Crippen molar-refractivity contribution in [3.63, 3.8) is 0 Å². The Hall–Kier alpha value is -2.50. The second-order valence-corrected chi connectivity index (χ2v) is 3.25. The van der Waals surface area contributed by atoms with E-state index >= 15 is 0 Å². The third-order valence-corrected chi connectivity index (χ3v) is 2.01. The van der Waals surface area contributed by atoms with Gasteiger partial charge in [-0.05, 0) is 18.2 Å². The molecule has 6 nitrogen and oxygen atoms in total. The Morgan fingerprint density at radius 1 is 1.24 bits per heavy atom. The molecule has 0 atom stereocenters. The molecule has 0 unspecified atom stereocenters. The summed E-state index contributed by atoms with van der Waals surface area (Å²) in [5.74, 6) is 0.0751. The maximum Gasteiger partial charge on any atom is 0.322 e. The molecule has 2 aromatic rings. The van der Waals surface area contributed by atoms with E-state index in [4.69, 9.17) is 5.11 Å². The minimum atomic E-state index is -0.936. The molecule has 0 spiro atoms. The molecule has 0 aliphatic heterocycles. The van der Waals surface area contributed by atoms with Gasteiger partial charge < -0.3 is 10.4 Å². The van der Waals surface area contributed by atoms with Gasteiger partial charge in [-0.15, -0.1) is 0 Å². The quantitative estimate of drug-likeness (QED) is 0.815. The van der Waals surface area contributed by atoms with Gasteiger partial charge >= 0.3 is 5.97 Å². The van der Waals surface area contributed by atoms with Gasteiger partial charge in [0.25, 0.3) is 0 Å². The molecule has 6 heteroatoms. The van der Waals surface area contributed by atoms with Crippen LogP contribution in [0.2, 0.25) is 0 Å². The number of anilines is 1. The van der Waals surface area contributed by atoms with Crippen LogP contribution in [0.25, 0.3) is 11.4 Å². The third-order valence-electron chi connectivity index (χ3n) is 2.01. The third kappa shape index (κ3) is 2.97. The summed E-state index contributed by atoms with van der Waals surface area (Å²) >= 11 is 0. The summed E-state index contributed by atoms with van der Waals surface area (Å²) in [5, 5.41) is 11.2. The van der Waals surface area contributed by atoms with Crippen molar-refractivity contribution in [1.29, 1.82) is 0 Å². The molecule has 0 fully saturated rings. The molecule has 86 valence electrons. The van der Waals surface area contributed by atoms with E-state index in [0.29, 0.717) is 11.6 Å². The fraction of sp³-hybridized carbons (Fsp3) is 0.0909. The lowest BCUT2D eigenvalue weighted by atomic mass is 10.2. The van der Waals surface area contributed by atoms with Crippen molar-refractivity contribution in [1.82, 2.24) is 15.0 Å². The molecule has 0 aliphatic rings.